The molecule has 1 saturated heterocycles. The molecule has 0 unspecified atom stereocenters. The number of rotatable bonds is 7. The Kier molecular flexibility index (Phi) is 6.02. The highest BCUT2D eigenvalue weighted by Gasteiger charge is 2.20. The molecule has 1 amide bonds. The van der Waals surface area contributed by atoms with Crippen LogP contribution in [-0.2, 0) is 4.79 Å². The number of ketones is 1. The van der Waals surface area contributed by atoms with Crippen molar-refractivity contribution in [1.82, 2.24) is 14.9 Å². The van der Waals surface area contributed by atoms with Gasteiger partial charge in [-0.2, -0.15) is 0 Å². The van der Waals surface area contributed by atoms with Crippen molar-refractivity contribution in [3.63, 3.8) is 0 Å². The van der Waals surface area contributed by atoms with Gasteiger partial charge in [0.15, 0.2) is 5.78 Å². The molecule has 0 spiro atoms. The fourth-order valence-electron chi connectivity index (χ4n) is 3.35. The van der Waals surface area contributed by atoms with Crippen LogP contribution in [0.1, 0.15) is 55.6 Å². The van der Waals surface area contributed by atoms with E-state index in [2.05, 4.69) is 15.3 Å². The van der Waals surface area contributed by atoms with Crippen LogP contribution in [0.4, 0.5) is 10.3 Å². The third kappa shape index (κ3) is 4.35. The molecular weight excluding hydrogens is 359 g/mol. The molecule has 1 aliphatic heterocycles. The molecule has 0 aliphatic carbocycles. The van der Waals surface area contributed by atoms with Gasteiger partial charge in [0.2, 0.25) is 11.9 Å². The average Bonchev–Trinajstić information content (AvgIpc) is 3.07. The maximum absolute atomic E-state index is 13.9. The molecule has 3 rings (SSSR count). The predicted molar refractivity (Wildman–Crippen MR) is 106 cm³/mol. The van der Waals surface area contributed by atoms with E-state index in [-0.39, 0.29) is 23.2 Å². The van der Waals surface area contributed by atoms with Crippen LogP contribution in [0.25, 0.3) is 11.1 Å². The number of anilines is 1. The van der Waals surface area contributed by atoms with Crippen LogP contribution < -0.4 is 5.32 Å². The summed E-state index contributed by atoms with van der Waals surface area (Å²) in [5, 5.41) is 3.17. The molecule has 1 fully saturated rings. The number of carbonyl (C=O) groups is 2. The van der Waals surface area contributed by atoms with Gasteiger partial charge in [-0.3, -0.25) is 9.59 Å². The van der Waals surface area contributed by atoms with Crippen LogP contribution in [0.15, 0.2) is 24.4 Å². The second-order valence-electron chi connectivity index (χ2n) is 7.31. The van der Waals surface area contributed by atoms with Crippen molar-refractivity contribution in [3.05, 3.63) is 41.5 Å². The molecule has 2 aromatic rings. The standard InChI is InChI=1S/C21H25FN4O2/c1-13(2)20-17(15-6-7-18(22)16(11-15)14(3)27)12-24-21(25-20)23-8-10-26-9-4-5-19(26)28/h6-7,11-13H,4-5,8-10H2,1-3H3,(H,23,24,25). The largest absolute Gasteiger partial charge is 0.352 e. The Bertz CT molecular complexity index is 898. The highest BCUT2D eigenvalue weighted by molar-refractivity contribution is 5.95. The van der Waals surface area contributed by atoms with Gasteiger partial charge in [0.05, 0.1) is 11.3 Å². The summed E-state index contributed by atoms with van der Waals surface area (Å²) >= 11 is 0. The SMILES string of the molecule is CC(=O)c1cc(-c2cnc(NCCN3CCCC3=O)nc2C(C)C)ccc1F. The average molecular weight is 384 g/mol. The van der Waals surface area contributed by atoms with Gasteiger partial charge in [-0.25, -0.2) is 14.4 Å². The lowest BCUT2D eigenvalue weighted by Gasteiger charge is -2.17. The first-order valence-corrected chi connectivity index (χ1v) is 9.56. The van der Waals surface area contributed by atoms with Crippen molar-refractivity contribution in [1.29, 1.82) is 0 Å². The maximum Gasteiger partial charge on any atom is 0.222 e. The fourth-order valence-corrected chi connectivity index (χ4v) is 3.35. The quantitative estimate of drug-likeness (QED) is 0.738. The van der Waals surface area contributed by atoms with Gasteiger partial charge in [0, 0.05) is 37.8 Å². The third-order valence-corrected chi connectivity index (χ3v) is 4.86. The monoisotopic (exact) mass is 384 g/mol. The molecule has 0 saturated carbocycles. The summed E-state index contributed by atoms with van der Waals surface area (Å²) in [4.78, 5) is 34.2. The molecule has 148 valence electrons. The zero-order valence-electron chi connectivity index (χ0n) is 16.5. The summed E-state index contributed by atoms with van der Waals surface area (Å²) in [6.07, 6.45) is 3.24. The lowest BCUT2D eigenvalue weighted by Crippen LogP contribution is -2.30. The molecule has 1 N–H and O–H groups in total. The summed E-state index contributed by atoms with van der Waals surface area (Å²) in [5.41, 5.74) is 2.36. The number of hydrogen-bond acceptors (Lipinski definition) is 5. The lowest BCUT2D eigenvalue weighted by molar-refractivity contribution is -0.127. The van der Waals surface area contributed by atoms with E-state index in [1.165, 1.54) is 13.0 Å². The second kappa shape index (κ2) is 8.46. The number of carbonyl (C=O) groups excluding carboxylic acids is 2. The van der Waals surface area contributed by atoms with Gasteiger partial charge in [-0.1, -0.05) is 19.9 Å². The van der Waals surface area contributed by atoms with Crippen molar-refractivity contribution in [2.24, 2.45) is 0 Å². The molecule has 6 nitrogen and oxygen atoms in total. The van der Waals surface area contributed by atoms with E-state index in [9.17, 15) is 14.0 Å². The lowest BCUT2D eigenvalue weighted by atomic mass is 9.97. The first-order valence-electron chi connectivity index (χ1n) is 9.56. The zero-order chi connectivity index (χ0) is 20.3. The minimum atomic E-state index is -0.530. The highest BCUT2D eigenvalue weighted by atomic mass is 19.1. The number of aromatic nitrogens is 2. The molecule has 7 heteroatoms. The van der Waals surface area contributed by atoms with Crippen molar-refractivity contribution in [2.75, 3.05) is 25.0 Å². The number of halogens is 1. The van der Waals surface area contributed by atoms with Crippen LogP contribution >= 0.6 is 0 Å². The van der Waals surface area contributed by atoms with E-state index in [0.29, 0.717) is 31.0 Å². The normalized spacial score (nSPS) is 14.0. The number of nitrogens with zero attached hydrogens (tertiary/aromatic N) is 3. The Morgan fingerprint density at radius 3 is 2.79 bits per heavy atom. The molecule has 1 aliphatic rings. The summed E-state index contributed by atoms with van der Waals surface area (Å²) in [6, 6.07) is 4.49. The van der Waals surface area contributed by atoms with Gasteiger partial charge in [-0.05, 0) is 37.0 Å². The Balaban J connectivity index is 1.80. The van der Waals surface area contributed by atoms with Gasteiger partial charge < -0.3 is 10.2 Å². The van der Waals surface area contributed by atoms with Gasteiger partial charge in [0.1, 0.15) is 5.82 Å². The number of amides is 1. The highest BCUT2D eigenvalue weighted by Crippen LogP contribution is 2.29. The van der Waals surface area contributed by atoms with E-state index in [1.807, 2.05) is 18.7 Å². The molecule has 2 heterocycles. The van der Waals surface area contributed by atoms with Crippen molar-refractivity contribution < 1.29 is 14.0 Å². The van der Waals surface area contributed by atoms with Crippen molar-refractivity contribution in [3.8, 4) is 11.1 Å². The smallest absolute Gasteiger partial charge is 0.222 e. The van der Waals surface area contributed by atoms with Gasteiger partial charge in [-0.15, -0.1) is 0 Å². The van der Waals surface area contributed by atoms with E-state index in [1.54, 1.807) is 18.3 Å². The van der Waals surface area contributed by atoms with Crippen LogP contribution in [0.3, 0.4) is 0 Å². The Labute approximate surface area is 164 Å². The maximum atomic E-state index is 13.9. The van der Waals surface area contributed by atoms with Crippen molar-refractivity contribution >= 4 is 17.6 Å². The fraction of sp³-hybridized carbons (Fsp3) is 0.429. The summed E-state index contributed by atoms with van der Waals surface area (Å²) in [7, 11) is 0. The van der Waals surface area contributed by atoms with Crippen LogP contribution in [0.2, 0.25) is 0 Å². The van der Waals surface area contributed by atoms with E-state index in [4.69, 9.17) is 0 Å². The van der Waals surface area contributed by atoms with Gasteiger partial charge >= 0.3 is 0 Å². The topological polar surface area (TPSA) is 75.2 Å². The molecule has 0 radical (unpaired) electrons. The molecule has 1 aromatic carbocycles. The summed E-state index contributed by atoms with van der Waals surface area (Å²) in [6.45, 7) is 7.40. The van der Waals surface area contributed by atoms with Crippen LogP contribution in [0.5, 0.6) is 0 Å². The Morgan fingerprint density at radius 1 is 1.36 bits per heavy atom. The molecule has 28 heavy (non-hydrogen) atoms. The molecular formula is C21H25FN4O2. The molecule has 0 atom stereocenters. The van der Waals surface area contributed by atoms with E-state index in [0.717, 1.165) is 24.2 Å². The number of nitrogens with one attached hydrogen (secondary N) is 1. The Morgan fingerprint density at radius 2 is 2.14 bits per heavy atom. The first kappa shape index (κ1) is 19.9. The Hall–Kier alpha value is -2.83. The summed E-state index contributed by atoms with van der Waals surface area (Å²) in [5.74, 6) is -0.0461. The summed E-state index contributed by atoms with van der Waals surface area (Å²) < 4.78 is 13.9. The second-order valence-corrected chi connectivity index (χ2v) is 7.31. The molecule has 1 aromatic heterocycles. The minimum absolute atomic E-state index is 0.0599. The van der Waals surface area contributed by atoms with E-state index >= 15 is 0 Å². The number of hydrogen-bond donors (Lipinski definition) is 1. The predicted octanol–water partition coefficient (Wildman–Crippen LogP) is 3.64. The van der Waals surface area contributed by atoms with E-state index < -0.39 is 5.82 Å². The van der Waals surface area contributed by atoms with Crippen LogP contribution in [0, 0.1) is 5.82 Å². The third-order valence-electron chi connectivity index (χ3n) is 4.86. The van der Waals surface area contributed by atoms with Gasteiger partial charge in [0.25, 0.3) is 0 Å². The number of likely N-dealkylation sites (tertiary alicyclic amines) is 1. The minimum Gasteiger partial charge on any atom is -0.352 e. The zero-order valence-corrected chi connectivity index (χ0v) is 16.5. The number of Topliss-reactive ketones (excluding diaryl/α,β-unsaturated/α-hetero) is 1. The van der Waals surface area contributed by atoms with Crippen molar-refractivity contribution in [2.45, 2.75) is 39.5 Å². The first-order chi connectivity index (χ1) is 13.4. The number of benzene rings is 1. The molecule has 0 bridgehead atoms. The van der Waals surface area contributed by atoms with Crippen LogP contribution in [-0.4, -0.2) is 46.2 Å².